The molecule has 2 rings (SSSR count). The number of hydrogen-bond acceptors (Lipinski definition) is 4. The minimum Gasteiger partial charge on any atom is -0.488 e. The standard InChI is InChI=1S/C15H16N2O2/c1-11-7-13(9-16-8-11)10-19-15-6-4-3-5-14(15)12(2)17-18/h3-9,18H,10H2,1-2H3/b17-12-. The maximum Gasteiger partial charge on any atom is 0.128 e. The second kappa shape index (κ2) is 6.00. The predicted octanol–water partition coefficient (Wildman–Crippen LogP) is 3.17. The molecule has 0 saturated carbocycles. The van der Waals surface area contributed by atoms with Gasteiger partial charge in [0.1, 0.15) is 12.4 Å². The molecular formula is C15H16N2O2. The van der Waals surface area contributed by atoms with Gasteiger partial charge in [-0.25, -0.2) is 0 Å². The van der Waals surface area contributed by atoms with Gasteiger partial charge in [0, 0.05) is 23.5 Å². The number of ether oxygens (including phenoxy) is 1. The Balaban J connectivity index is 2.16. The lowest BCUT2D eigenvalue weighted by molar-refractivity contribution is 0.303. The van der Waals surface area contributed by atoms with Crippen molar-refractivity contribution in [3.63, 3.8) is 0 Å². The third-order valence-corrected chi connectivity index (χ3v) is 2.75. The normalized spacial score (nSPS) is 11.4. The Labute approximate surface area is 112 Å². The van der Waals surface area contributed by atoms with Crippen molar-refractivity contribution >= 4 is 5.71 Å². The summed E-state index contributed by atoms with van der Waals surface area (Å²) in [6.45, 7) is 4.16. The molecule has 0 bridgehead atoms. The first-order valence-electron chi connectivity index (χ1n) is 6.02. The zero-order chi connectivity index (χ0) is 13.7. The number of nitrogens with zero attached hydrogens (tertiary/aromatic N) is 2. The molecule has 0 fully saturated rings. The molecule has 0 aliphatic rings. The highest BCUT2D eigenvalue weighted by Crippen LogP contribution is 2.20. The number of pyridine rings is 1. The molecule has 1 heterocycles. The van der Waals surface area contributed by atoms with E-state index >= 15 is 0 Å². The largest absolute Gasteiger partial charge is 0.488 e. The predicted molar refractivity (Wildman–Crippen MR) is 73.7 cm³/mol. The molecule has 0 aliphatic carbocycles. The van der Waals surface area contributed by atoms with Gasteiger partial charge in [-0.15, -0.1) is 0 Å². The van der Waals surface area contributed by atoms with Crippen LogP contribution in [0.3, 0.4) is 0 Å². The first-order valence-corrected chi connectivity index (χ1v) is 6.02. The molecule has 1 aromatic heterocycles. The molecule has 1 N–H and O–H groups in total. The van der Waals surface area contributed by atoms with E-state index in [1.54, 1.807) is 19.3 Å². The summed E-state index contributed by atoms with van der Waals surface area (Å²) in [5.41, 5.74) is 3.42. The summed E-state index contributed by atoms with van der Waals surface area (Å²) in [5.74, 6) is 0.694. The van der Waals surface area contributed by atoms with Crippen molar-refractivity contribution < 1.29 is 9.94 Å². The van der Waals surface area contributed by atoms with Crippen molar-refractivity contribution in [1.29, 1.82) is 0 Å². The van der Waals surface area contributed by atoms with Crippen molar-refractivity contribution in [1.82, 2.24) is 4.98 Å². The monoisotopic (exact) mass is 256 g/mol. The number of aryl methyl sites for hydroxylation is 1. The summed E-state index contributed by atoms with van der Waals surface area (Å²) in [4.78, 5) is 4.13. The zero-order valence-electron chi connectivity index (χ0n) is 11.0. The van der Waals surface area contributed by atoms with Gasteiger partial charge in [-0.1, -0.05) is 17.3 Å². The summed E-state index contributed by atoms with van der Waals surface area (Å²) >= 11 is 0. The Morgan fingerprint density at radius 2 is 2.11 bits per heavy atom. The van der Waals surface area contributed by atoms with Crippen LogP contribution in [0, 0.1) is 6.92 Å². The number of aromatic nitrogens is 1. The fraction of sp³-hybridized carbons (Fsp3) is 0.200. The maximum absolute atomic E-state index is 8.86. The fourth-order valence-corrected chi connectivity index (χ4v) is 1.80. The summed E-state index contributed by atoms with van der Waals surface area (Å²) in [5, 5.41) is 12.1. The summed E-state index contributed by atoms with van der Waals surface area (Å²) in [7, 11) is 0. The van der Waals surface area contributed by atoms with Crippen LogP contribution >= 0.6 is 0 Å². The van der Waals surface area contributed by atoms with Crippen molar-refractivity contribution in [2.75, 3.05) is 0 Å². The van der Waals surface area contributed by atoms with E-state index in [1.807, 2.05) is 37.3 Å². The van der Waals surface area contributed by atoms with Crippen molar-refractivity contribution in [3.8, 4) is 5.75 Å². The van der Waals surface area contributed by atoms with Crippen LogP contribution in [0.4, 0.5) is 0 Å². The third-order valence-electron chi connectivity index (χ3n) is 2.75. The Morgan fingerprint density at radius 3 is 2.84 bits per heavy atom. The molecule has 98 valence electrons. The maximum atomic E-state index is 8.86. The van der Waals surface area contributed by atoms with Gasteiger partial charge >= 0.3 is 0 Å². The van der Waals surface area contributed by atoms with Crippen LogP contribution < -0.4 is 4.74 Å². The highest BCUT2D eigenvalue weighted by atomic mass is 16.5. The van der Waals surface area contributed by atoms with E-state index in [0.717, 1.165) is 16.7 Å². The van der Waals surface area contributed by atoms with E-state index in [-0.39, 0.29) is 0 Å². The molecule has 0 saturated heterocycles. The molecule has 0 spiro atoms. The second-order valence-corrected chi connectivity index (χ2v) is 4.34. The minimum absolute atomic E-state index is 0.435. The van der Waals surface area contributed by atoms with Gasteiger partial charge in [-0.05, 0) is 37.6 Å². The highest BCUT2D eigenvalue weighted by Gasteiger charge is 2.06. The lowest BCUT2D eigenvalue weighted by atomic mass is 10.1. The Hall–Kier alpha value is -2.36. The van der Waals surface area contributed by atoms with Gasteiger partial charge in [0.05, 0.1) is 5.71 Å². The number of hydrogen-bond donors (Lipinski definition) is 1. The molecule has 4 heteroatoms. The molecule has 0 aliphatic heterocycles. The van der Waals surface area contributed by atoms with Crippen LogP contribution in [0.2, 0.25) is 0 Å². The van der Waals surface area contributed by atoms with E-state index in [2.05, 4.69) is 10.1 Å². The van der Waals surface area contributed by atoms with Crippen LogP contribution in [0.1, 0.15) is 23.6 Å². The third kappa shape index (κ3) is 3.31. The van der Waals surface area contributed by atoms with E-state index in [1.165, 1.54) is 0 Å². The van der Waals surface area contributed by atoms with Crippen LogP contribution in [0.15, 0.2) is 47.9 Å². The van der Waals surface area contributed by atoms with Gasteiger partial charge in [-0.2, -0.15) is 0 Å². The van der Waals surface area contributed by atoms with Crippen molar-refractivity contribution in [2.24, 2.45) is 5.16 Å². The van der Waals surface area contributed by atoms with E-state index < -0.39 is 0 Å². The van der Waals surface area contributed by atoms with Gasteiger partial charge in [0.2, 0.25) is 0 Å². The lowest BCUT2D eigenvalue weighted by Crippen LogP contribution is -2.02. The average Bonchev–Trinajstić information content (AvgIpc) is 2.45. The molecule has 2 aromatic rings. The topological polar surface area (TPSA) is 54.7 Å². The van der Waals surface area contributed by atoms with E-state index in [4.69, 9.17) is 9.94 Å². The molecule has 19 heavy (non-hydrogen) atoms. The van der Waals surface area contributed by atoms with E-state index in [0.29, 0.717) is 18.1 Å². The summed E-state index contributed by atoms with van der Waals surface area (Å²) < 4.78 is 5.77. The Morgan fingerprint density at radius 1 is 1.32 bits per heavy atom. The van der Waals surface area contributed by atoms with Gasteiger partial charge in [0.25, 0.3) is 0 Å². The molecule has 0 radical (unpaired) electrons. The highest BCUT2D eigenvalue weighted by molar-refractivity contribution is 6.00. The fourth-order valence-electron chi connectivity index (χ4n) is 1.80. The number of benzene rings is 1. The molecule has 0 atom stereocenters. The average molecular weight is 256 g/mol. The quantitative estimate of drug-likeness (QED) is 0.519. The van der Waals surface area contributed by atoms with Crippen molar-refractivity contribution in [3.05, 3.63) is 59.4 Å². The number of rotatable bonds is 4. The summed E-state index contributed by atoms with van der Waals surface area (Å²) in [6.07, 6.45) is 3.59. The second-order valence-electron chi connectivity index (χ2n) is 4.34. The first kappa shape index (κ1) is 13.1. The molecule has 0 amide bonds. The molecule has 1 aromatic carbocycles. The number of oxime groups is 1. The summed E-state index contributed by atoms with van der Waals surface area (Å²) in [6, 6.07) is 9.51. The Bertz CT molecular complexity index is 594. The van der Waals surface area contributed by atoms with Crippen LogP contribution in [-0.4, -0.2) is 15.9 Å². The SMILES string of the molecule is C/C(=N/O)c1ccccc1OCc1cncc(C)c1. The van der Waals surface area contributed by atoms with E-state index in [9.17, 15) is 0 Å². The minimum atomic E-state index is 0.435. The lowest BCUT2D eigenvalue weighted by Gasteiger charge is -2.10. The molecular weight excluding hydrogens is 240 g/mol. The van der Waals surface area contributed by atoms with Crippen LogP contribution in [0.25, 0.3) is 0 Å². The molecule has 0 unspecified atom stereocenters. The van der Waals surface area contributed by atoms with Gasteiger partial charge in [-0.3, -0.25) is 4.98 Å². The number of para-hydroxylation sites is 1. The first-order chi connectivity index (χ1) is 9.20. The molecule has 4 nitrogen and oxygen atoms in total. The Kier molecular flexibility index (Phi) is 4.13. The van der Waals surface area contributed by atoms with Crippen LogP contribution in [0.5, 0.6) is 5.75 Å². The smallest absolute Gasteiger partial charge is 0.128 e. The van der Waals surface area contributed by atoms with Crippen molar-refractivity contribution in [2.45, 2.75) is 20.5 Å². The van der Waals surface area contributed by atoms with Gasteiger partial charge in [0.15, 0.2) is 0 Å². The zero-order valence-corrected chi connectivity index (χ0v) is 11.0. The van der Waals surface area contributed by atoms with Crippen LogP contribution in [-0.2, 0) is 6.61 Å². The van der Waals surface area contributed by atoms with Gasteiger partial charge < -0.3 is 9.94 Å².